The van der Waals surface area contributed by atoms with Gasteiger partial charge in [0, 0.05) is 16.2 Å². The van der Waals surface area contributed by atoms with Crippen LogP contribution in [0.3, 0.4) is 0 Å². The molecule has 2 aromatic rings. The maximum atomic E-state index is 6.09. The maximum absolute atomic E-state index is 6.09. The average Bonchev–Trinajstić information content (AvgIpc) is 2.35. The van der Waals surface area contributed by atoms with Crippen molar-refractivity contribution in [3.8, 4) is 0 Å². The van der Waals surface area contributed by atoms with Gasteiger partial charge < -0.3 is 0 Å². The smallest absolute Gasteiger partial charge is 0.140 e. The molecule has 0 amide bonds. The minimum atomic E-state index is 0.525. The van der Waals surface area contributed by atoms with Crippen molar-refractivity contribution in [1.29, 1.82) is 0 Å². The van der Waals surface area contributed by atoms with E-state index in [4.69, 9.17) is 23.2 Å². The Morgan fingerprint density at radius 2 is 1.83 bits per heavy atom. The summed E-state index contributed by atoms with van der Waals surface area (Å²) in [4.78, 5) is 9.71. The highest BCUT2D eigenvalue weighted by Gasteiger charge is 2.07. The fourth-order valence-corrected chi connectivity index (χ4v) is 2.75. The molecular formula is C13H12Cl2N2S. The van der Waals surface area contributed by atoms with Gasteiger partial charge in [0.2, 0.25) is 0 Å². The van der Waals surface area contributed by atoms with Crippen molar-refractivity contribution in [1.82, 2.24) is 9.97 Å². The van der Waals surface area contributed by atoms with Crippen LogP contribution < -0.4 is 0 Å². The van der Waals surface area contributed by atoms with E-state index in [1.165, 1.54) is 0 Å². The minimum Gasteiger partial charge on any atom is -0.237 e. The first kappa shape index (κ1) is 13.7. The van der Waals surface area contributed by atoms with Crippen molar-refractivity contribution in [2.24, 2.45) is 0 Å². The number of nitrogens with zero attached hydrogens (tertiary/aromatic N) is 2. The lowest BCUT2D eigenvalue weighted by Crippen LogP contribution is -1.99. The molecular weight excluding hydrogens is 287 g/mol. The van der Waals surface area contributed by atoms with Crippen LogP contribution in [0, 0.1) is 13.8 Å². The number of hydrogen-bond donors (Lipinski definition) is 0. The second kappa shape index (κ2) is 5.91. The highest BCUT2D eigenvalue weighted by molar-refractivity contribution is 7.98. The molecule has 0 saturated heterocycles. The van der Waals surface area contributed by atoms with Gasteiger partial charge in [0.25, 0.3) is 0 Å². The molecule has 5 heteroatoms. The quantitative estimate of drug-likeness (QED) is 0.607. The molecule has 2 rings (SSSR count). The zero-order chi connectivity index (χ0) is 13.1. The molecule has 0 aliphatic carbocycles. The number of rotatable bonds is 3. The predicted molar refractivity (Wildman–Crippen MR) is 77.5 cm³/mol. The topological polar surface area (TPSA) is 25.8 Å². The molecule has 0 N–H and O–H groups in total. The first-order valence-electron chi connectivity index (χ1n) is 5.45. The van der Waals surface area contributed by atoms with Crippen LogP contribution in [0.4, 0.5) is 0 Å². The van der Waals surface area contributed by atoms with Crippen LogP contribution in [0.1, 0.15) is 17.1 Å². The number of thioether (sulfide) groups is 1. The van der Waals surface area contributed by atoms with Crippen LogP contribution in [0.15, 0.2) is 29.2 Å². The van der Waals surface area contributed by atoms with E-state index < -0.39 is 0 Å². The van der Waals surface area contributed by atoms with Crippen LogP contribution in [0.5, 0.6) is 0 Å². The fraction of sp³-hybridized carbons (Fsp3) is 0.231. The van der Waals surface area contributed by atoms with E-state index in [0.29, 0.717) is 10.9 Å². The SMILES string of the molecule is Cc1nc(CSc2ccccc2Cl)nc(Cl)c1C. The largest absolute Gasteiger partial charge is 0.237 e. The van der Waals surface area contributed by atoms with Gasteiger partial charge in [-0.2, -0.15) is 0 Å². The molecule has 0 radical (unpaired) electrons. The lowest BCUT2D eigenvalue weighted by atomic mass is 10.3. The van der Waals surface area contributed by atoms with E-state index in [2.05, 4.69) is 9.97 Å². The Kier molecular flexibility index (Phi) is 4.49. The standard InChI is InChI=1S/C13H12Cl2N2S/c1-8-9(2)16-12(17-13(8)15)7-18-11-6-4-3-5-10(11)14/h3-6H,7H2,1-2H3. The van der Waals surface area contributed by atoms with Crippen molar-refractivity contribution >= 4 is 35.0 Å². The average molecular weight is 299 g/mol. The van der Waals surface area contributed by atoms with Gasteiger partial charge in [0.05, 0.1) is 10.8 Å². The van der Waals surface area contributed by atoms with Crippen LogP contribution in [0.25, 0.3) is 0 Å². The van der Waals surface area contributed by atoms with E-state index in [0.717, 1.165) is 27.0 Å². The summed E-state index contributed by atoms with van der Waals surface area (Å²) in [5.74, 6) is 1.39. The number of hydrogen-bond acceptors (Lipinski definition) is 3. The van der Waals surface area contributed by atoms with Crippen LogP contribution in [-0.4, -0.2) is 9.97 Å². The Hall–Kier alpha value is -0.770. The summed E-state index contributed by atoms with van der Waals surface area (Å²) in [6.45, 7) is 3.86. The third kappa shape index (κ3) is 3.16. The summed E-state index contributed by atoms with van der Waals surface area (Å²) in [6.07, 6.45) is 0. The molecule has 1 aromatic carbocycles. The molecule has 0 atom stereocenters. The molecule has 1 heterocycles. The molecule has 0 saturated carbocycles. The van der Waals surface area contributed by atoms with Crippen molar-refractivity contribution in [3.05, 3.63) is 51.5 Å². The molecule has 2 nitrogen and oxygen atoms in total. The zero-order valence-corrected chi connectivity index (χ0v) is 12.4. The Morgan fingerprint density at radius 3 is 2.50 bits per heavy atom. The molecule has 0 fully saturated rings. The first-order chi connectivity index (χ1) is 8.58. The highest BCUT2D eigenvalue weighted by Crippen LogP contribution is 2.29. The van der Waals surface area contributed by atoms with Gasteiger partial charge in [0.15, 0.2) is 0 Å². The van der Waals surface area contributed by atoms with Gasteiger partial charge in [-0.3, -0.25) is 0 Å². The molecule has 0 unspecified atom stereocenters. The van der Waals surface area contributed by atoms with E-state index in [-0.39, 0.29) is 0 Å². The van der Waals surface area contributed by atoms with Gasteiger partial charge in [-0.15, -0.1) is 11.8 Å². The second-order valence-corrected chi connectivity index (χ2v) is 5.64. The molecule has 0 spiro atoms. The molecule has 0 bridgehead atoms. The summed E-state index contributed by atoms with van der Waals surface area (Å²) in [7, 11) is 0. The van der Waals surface area contributed by atoms with Crippen LogP contribution in [0.2, 0.25) is 10.2 Å². The highest BCUT2D eigenvalue weighted by atomic mass is 35.5. The van der Waals surface area contributed by atoms with E-state index in [9.17, 15) is 0 Å². The molecule has 94 valence electrons. The third-order valence-corrected chi connectivity index (χ3v) is 4.45. The van der Waals surface area contributed by atoms with Crippen molar-refractivity contribution in [3.63, 3.8) is 0 Å². The van der Waals surface area contributed by atoms with Crippen molar-refractivity contribution < 1.29 is 0 Å². The Bertz CT molecular complexity index is 550. The predicted octanol–water partition coefficient (Wildman–Crippen LogP) is 4.69. The van der Waals surface area contributed by atoms with E-state index in [1.54, 1.807) is 11.8 Å². The number of aryl methyl sites for hydroxylation is 1. The van der Waals surface area contributed by atoms with Gasteiger partial charge in [-0.1, -0.05) is 35.3 Å². The maximum Gasteiger partial charge on any atom is 0.140 e. The van der Waals surface area contributed by atoms with Crippen molar-refractivity contribution in [2.75, 3.05) is 0 Å². The minimum absolute atomic E-state index is 0.525. The molecule has 1 aromatic heterocycles. The Morgan fingerprint density at radius 1 is 1.11 bits per heavy atom. The summed E-state index contributed by atoms with van der Waals surface area (Å²) in [6, 6.07) is 7.73. The van der Waals surface area contributed by atoms with Gasteiger partial charge >= 0.3 is 0 Å². The van der Waals surface area contributed by atoms with Gasteiger partial charge in [-0.25, -0.2) is 9.97 Å². The Labute approximate surface area is 121 Å². The monoisotopic (exact) mass is 298 g/mol. The second-order valence-electron chi connectivity index (χ2n) is 3.86. The molecule has 0 aliphatic rings. The lowest BCUT2D eigenvalue weighted by Gasteiger charge is -2.06. The van der Waals surface area contributed by atoms with Gasteiger partial charge in [0.1, 0.15) is 11.0 Å². The van der Waals surface area contributed by atoms with E-state index in [1.807, 2.05) is 38.1 Å². The summed E-state index contributed by atoms with van der Waals surface area (Å²) >= 11 is 13.7. The van der Waals surface area contributed by atoms with Crippen LogP contribution in [-0.2, 0) is 5.75 Å². The molecule has 18 heavy (non-hydrogen) atoms. The summed E-state index contributed by atoms with van der Waals surface area (Å²) < 4.78 is 0. The fourth-order valence-electron chi connectivity index (χ4n) is 1.42. The lowest BCUT2D eigenvalue weighted by molar-refractivity contribution is 0.973. The van der Waals surface area contributed by atoms with Crippen molar-refractivity contribution in [2.45, 2.75) is 24.5 Å². The summed E-state index contributed by atoms with van der Waals surface area (Å²) in [5, 5.41) is 1.27. The number of halogens is 2. The third-order valence-electron chi connectivity index (χ3n) is 2.57. The first-order valence-corrected chi connectivity index (χ1v) is 7.19. The Balaban J connectivity index is 2.14. The summed E-state index contributed by atoms with van der Waals surface area (Å²) in [5.41, 5.74) is 1.85. The van der Waals surface area contributed by atoms with Crippen LogP contribution >= 0.6 is 35.0 Å². The molecule has 0 aliphatic heterocycles. The number of benzene rings is 1. The normalized spacial score (nSPS) is 10.7. The van der Waals surface area contributed by atoms with E-state index >= 15 is 0 Å². The number of aromatic nitrogens is 2. The zero-order valence-electron chi connectivity index (χ0n) is 10.1. The van der Waals surface area contributed by atoms with Gasteiger partial charge in [-0.05, 0) is 26.0 Å².